The highest BCUT2D eigenvalue weighted by Crippen LogP contribution is 2.30. The van der Waals surface area contributed by atoms with Crippen LogP contribution in [0.2, 0.25) is 0 Å². The molecule has 0 radical (unpaired) electrons. The lowest BCUT2D eigenvalue weighted by Crippen LogP contribution is -1.97. The third-order valence-corrected chi connectivity index (χ3v) is 4.65. The smallest absolute Gasteiger partial charge is 0.0711 e. The van der Waals surface area contributed by atoms with E-state index in [0.29, 0.717) is 5.92 Å². The van der Waals surface area contributed by atoms with Crippen molar-refractivity contribution >= 4 is 10.8 Å². The molecular formula is C23H19N. The number of hydrogen-bond acceptors (Lipinski definition) is 1. The summed E-state index contributed by atoms with van der Waals surface area (Å²) in [6.07, 6.45) is 1.92. The average Bonchev–Trinajstić information content (AvgIpc) is 2.68. The monoisotopic (exact) mass is 309 g/mol. The van der Waals surface area contributed by atoms with E-state index in [1.54, 1.807) is 0 Å². The molecule has 24 heavy (non-hydrogen) atoms. The van der Waals surface area contributed by atoms with Crippen molar-refractivity contribution in [1.82, 2.24) is 4.98 Å². The number of pyridine rings is 1. The molecule has 0 aliphatic heterocycles. The van der Waals surface area contributed by atoms with Gasteiger partial charge in [0, 0.05) is 17.7 Å². The highest BCUT2D eigenvalue weighted by atomic mass is 14.7. The van der Waals surface area contributed by atoms with Gasteiger partial charge in [-0.25, -0.2) is 0 Å². The van der Waals surface area contributed by atoms with Crippen LogP contribution in [0.25, 0.3) is 22.0 Å². The van der Waals surface area contributed by atoms with Crippen LogP contribution in [0.5, 0.6) is 0 Å². The fraction of sp³-hybridized carbons (Fsp3) is 0.0870. The molecule has 4 rings (SSSR count). The predicted molar refractivity (Wildman–Crippen MR) is 101 cm³/mol. The molecule has 1 unspecified atom stereocenters. The van der Waals surface area contributed by atoms with E-state index in [1.807, 2.05) is 6.20 Å². The van der Waals surface area contributed by atoms with Crippen LogP contribution in [0.4, 0.5) is 0 Å². The van der Waals surface area contributed by atoms with Gasteiger partial charge in [-0.05, 0) is 34.0 Å². The van der Waals surface area contributed by atoms with E-state index in [0.717, 1.165) is 5.69 Å². The van der Waals surface area contributed by atoms with Crippen LogP contribution in [0, 0.1) is 0 Å². The molecule has 3 aromatic carbocycles. The molecular weight excluding hydrogens is 290 g/mol. The summed E-state index contributed by atoms with van der Waals surface area (Å²) in [6.45, 7) is 2.25. The average molecular weight is 309 g/mol. The third kappa shape index (κ3) is 2.69. The fourth-order valence-electron chi connectivity index (χ4n) is 3.25. The van der Waals surface area contributed by atoms with Crippen molar-refractivity contribution in [2.45, 2.75) is 12.8 Å². The van der Waals surface area contributed by atoms with Crippen molar-refractivity contribution in [3.63, 3.8) is 0 Å². The maximum Gasteiger partial charge on any atom is 0.0711 e. The first-order valence-electron chi connectivity index (χ1n) is 8.32. The summed E-state index contributed by atoms with van der Waals surface area (Å²) < 4.78 is 0. The second kappa shape index (κ2) is 6.29. The standard InChI is InChI=1S/C23H19N/c1-17(18-8-3-2-4-9-18)20-14-15-24-23(16-20)22-13-7-11-19-10-5-6-12-21(19)22/h2-17H,1H3. The molecule has 0 aliphatic rings. The number of benzene rings is 3. The zero-order chi connectivity index (χ0) is 16.4. The Morgan fingerprint density at radius 3 is 2.33 bits per heavy atom. The molecule has 0 spiro atoms. The van der Waals surface area contributed by atoms with Crippen LogP contribution in [0.3, 0.4) is 0 Å². The molecule has 0 bridgehead atoms. The van der Waals surface area contributed by atoms with Gasteiger partial charge in [-0.3, -0.25) is 4.98 Å². The van der Waals surface area contributed by atoms with E-state index in [2.05, 4.69) is 96.8 Å². The minimum atomic E-state index is 0.350. The Morgan fingerprint density at radius 1 is 0.708 bits per heavy atom. The summed E-state index contributed by atoms with van der Waals surface area (Å²) in [7, 11) is 0. The van der Waals surface area contributed by atoms with Crippen molar-refractivity contribution < 1.29 is 0 Å². The molecule has 0 fully saturated rings. The minimum absolute atomic E-state index is 0.350. The molecule has 1 nitrogen and oxygen atoms in total. The van der Waals surface area contributed by atoms with Gasteiger partial charge in [0.25, 0.3) is 0 Å². The molecule has 1 atom stereocenters. The van der Waals surface area contributed by atoms with Crippen LogP contribution < -0.4 is 0 Å². The van der Waals surface area contributed by atoms with Gasteiger partial charge in [0.2, 0.25) is 0 Å². The highest BCUT2D eigenvalue weighted by Gasteiger charge is 2.11. The lowest BCUT2D eigenvalue weighted by Gasteiger charge is -2.14. The second-order valence-electron chi connectivity index (χ2n) is 6.13. The van der Waals surface area contributed by atoms with Gasteiger partial charge in [0.15, 0.2) is 0 Å². The van der Waals surface area contributed by atoms with Crippen molar-refractivity contribution in [3.05, 3.63) is 102 Å². The number of aromatic nitrogens is 1. The summed E-state index contributed by atoms with van der Waals surface area (Å²) in [5.41, 5.74) is 4.84. The molecule has 1 heteroatoms. The molecule has 0 saturated carbocycles. The van der Waals surface area contributed by atoms with Gasteiger partial charge < -0.3 is 0 Å². The van der Waals surface area contributed by atoms with Gasteiger partial charge >= 0.3 is 0 Å². The van der Waals surface area contributed by atoms with Crippen molar-refractivity contribution in [2.24, 2.45) is 0 Å². The summed E-state index contributed by atoms with van der Waals surface area (Å²) in [4.78, 5) is 4.64. The molecule has 0 amide bonds. The zero-order valence-corrected chi connectivity index (χ0v) is 13.7. The predicted octanol–water partition coefficient (Wildman–Crippen LogP) is 6.05. The van der Waals surface area contributed by atoms with E-state index in [-0.39, 0.29) is 0 Å². The van der Waals surface area contributed by atoms with Crippen LogP contribution in [-0.2, 0) is 0 Å². The van der Waals surface area contributed by atoms with Crippen molar-refractivity contribution in [3.8, 4) is 11.3 Å². The zero-order valence-electron chi connectivity index (χ0n) is 13.7. The number of fused-ring (bicyclic) bond motifs is 1. The maximum atomic E-state index is 4.64. The number of rotatable bonds is 3. The van der Waals surface area contributed by atoms with E-state index in [4.69, 9.17) is 0 Å². The normalized spacial score (nSPS) is 12.2. The molecule has 116 valence electrons. The van der Waals surface area contributed by atoms with E-state index < -0.39 is 0 Å². The SMILES string of the molecule is CC(c1ccccc1)c1ccnc(-c2cccc3ccccc23)c1. The van der Waals surface area contributed by atoms with Crippen LogP contribution in [0.15, 0.2) is 91.1 Å². The van der Waals surface area contributed by atoms with Crippen LogP contribution in [0.1, 0.15) is 24.0 Å². The first-order valence-corrected chi connectivity index (χ1v) is 8.32. The Hall–Kier alpha value is -2.93. The Kier molecular flexibility index (Phi) is 3.84. The lowest BCUT2D eigenvalue weighted by atomic mass is 9.92. The van der Waals surface area contributed by atoms with Crippen molar-refractivity contribution in [2.75, 3.05) is 0 Å². The lowest BCUT2D eigenvalue weighted by molar-refractivity contribution is 0.918. The van der Waals surface area contributed by atoms with Crippen LogP contribution in [-0.4, -0.2) is 4.98 Å². The third-order valence-electron chi connectivity index (χ3n) is 4.65. The summed E-state index contributed by atoms with van der Waals surface area (Å²) in [5, 5.41) is 2.50. The molecule has 0 aliphatic carbocycles. The second-order valence-corrected chi connectivity index (χ2v) is 6.13. The van der Waals surface area contributed by atoms with E-state index in [9.17, 15) is 0 Å². The summed E-state index contributed by atoms with van der Waals surface area (Å²) in [6, 6.07) is 29.8. The van der Waals surface area contributed by atoms with Gasteiger partial charge in [0.1, 0.15) is 0 Å². The van der Waals surface area contributed by atoms with Gasteiger partial charge in [-0.1, -0.05) is 79.7 Å². The topological polar surface area (TPSA) is 12.9 Å². The molecule has 1 heterocycles. The van der Waals surface area contributed by atoms with Gasteiger partial charge in [-0.15, -0.1) is 0 Å². The Balaban J connectivity index is 1.80. The Morgan fingerprint density at radius 2 is 1.46 bits per heavy atom. The van der Waals surface area contributed by atoms with Gasteiger partial charge in [-0.2, -0.15) is 0 Å². The quantitative estimate of drug-likeness (QED) is 0.448. The summed E-state index contributed by atoms with van der Waals surface area (Å²) >= 11 is 0. The molecule has 1 aromatic heterocycles. The molecule has 0 saturated heterocycles. The first kappa shape index (κ1) is 14.6. The van der Waals surface area contributed by atoms with Gasteiger partial charge in [0.05, 0.1) is 5.69 Å². The highest BCUT2D eigenvalue weighted by molar-refractivity contribution is 5.95. The van der Waals surface area contributed by atoms with Crippen LogP contribution >= 0.6 is 0 Å². The largest absolute Gasteiger partial charge is 0.256 e. The minimum Gasteiger partial charge on any atom is -0.256 e. The maximum absolute atomic E-state index is 4.64. The Labute approximate surface area is 142 Å². The number of nitrogens with zero attached hydrogens (tertiary/aromatic N) is 1. The Bertz CT molecular complexity index is 968. The first-order chi connectivity index (χ1) is 11.8. The van der Waals surface area contributed by atoms with E-state index in [1.165, 1.54) is 27.5 Å². The number of hydrogen-bond donors (Lipinski definition) is 0. The van der Waals surface area contributed by atoms with E-state index >= 15 is 0 Å². The summed E-state index contributed by atoms with van der Waals surface area (Å²) in [5.74, 6) is 0.350. The van der Waals surface area contributed by atoms with Crippen molar-refractivity contribution in [1.29, 1.82) is 0 Å². The fourth-order valence-corrected chi connectivity index (χ4v) is 3.25. The molecule has 4 aromatic rings. The molecule has 0 N–H and O–H groups in total.